The Kier molecular flexibility index (Phi) is 3.43. The Bertz CT molecular complexity index is 705. The number of fused-ring (bicyclic) bond motifs is 1. The summed E-state index contributed by atoms with van der Waals surface area (Å²) in [5.74, 6) is -1.18. The summed E-state index contributed by atoms with van der Waals surface area (Å²) >= 11 is 0. The molecule has 2 aliphatic rings. The minimum atomic E-state index is -0.801. The first kappa shape index (κ1) is 14.6. The van der Waals surface area contributed by atoms with Gasteiger partial charge in [-0.3, -0.25) is 24.1 Å². The molecule has 1 atom stereocenters. The van der Waals surface area contributed by atoms with Gasteiger partial charge in [0.1, 0.15) is 5.78 Å². The zero-order chi connectivity index (χ0) is 16.0. The van der Waals surface area contributed by atoms with Crippen LogP contribution in [0.25, 0.3) is 0 Å². The molecule has 1 heterocycles. The Balaban J connectivity index is 2.02. The molecule has 1 aliphatic heterocycles. The second kappa shape index (κ2) is 5.16. The summed E-state index contributed by atoms with van der Waals surface area (Å²) in [6.45, 7) is 3.92. The topological polar surface area (TPSA) is 71.5 Å². The van der Waals surface area contributed by atoms with Crippen LogP contribution in [0, 0.1) is 0 Å². The summed E-state index contributed by atoms with van der Waals surface area (Å²) in [6, 6.07) is 4.42. The Hall–Kier alpha value is -2.30. The second-order valence-corrected chi connectivity index (χ2v) is 6.14. The number of carbonyl (C=O) groups is 4. The van der Waals surface area contributed by atoms with Gasteiger partial charge >= 0.3 is 0 Å². The third-order valence-electron chi connectivity index (χ3n) is 4.35. The van der Waals surface area contributed by atoms with Crippen LogP contribution in [-0.4, -0.2) is 34.3 Å². The van der Waals surface area contributed by atoms with Crippen LogP contribution in [0.15, 0.2) is 18.2 Å². The van der Waals surface area contributed by atoms with E-state index in [1.165, 1.54) is 0 Å². The Morgan fingerprint density at radius 2 is 1.82 bits per heavy atom. The molecule has 3 rings (SSSR count). The standard InChI is InChI=1S/C17H17NO4/c1-9(2)11-4-3-5-12-15(11)17(22)18(16(12)21)13-7-6-10(19)8-14(13)20/h3-5,9,13H,6-8H2,1-2H3. The number of nitrogens with zero attached hydrogens (tertiary/aromatic N) is 1. The fourth-order valence-corrected chi connectivity index (χ4v) is 3.23. The maximum Gasteiger partial charge on any atom is 0.262 e. The summed E-state index contributed by atoms with van der Waals surface area (Å²) in [6.07, 6.45) is 0.288. The quantitative estimate of drug-likeness (QED) is 0.619. The van der Waals surface area contributed by atoms with E-state index in [-0.39, 0.29) is 36.7 Å². The largest absolute Gasteiger partial charge is 0.299 e. The maximum absolute atomic E-state index is 12.7. The Labute approximate surface area is 128 Å². The van der Waals surface area contributed by atoms with Crippen molar-refractivity contribution in [1.82, 2.24) is 4.90 Å². The van der Waals surface area contributed by atoms with Gasteiger partial charge in [0.15, 0.2) is 5.78 Å². The van der Waals surface area contributed by atoms with E-state index in [4.69, 9.17) is 0 Å². The van der Waals surface area contributed by atoms with E-state index in [2.05, 4.69) is 0 Å². The molecule has 0 N–H and O–H groups in total. The molecule has 114 valence electrons. The van der Waals surface area contributed by atoms with E-state index in [1.54, 1.807) is 12.1 Å². The van der Waals surface area contributed by atoms with Crippen molar-refractivity contribution >= 4 is 23.4 Å². The highest BCUT2D eigenvalue weighted by Gasteiger charge is 2.45. The molecule has 5 heteroatoms. The van der Waals surface area contributed by atoms with Gasteiger partial charge in [-0.05, 0) is 24.0 Å². The third kappa shape index (κ3) is 2.08. The highest BCUT2D eigenvalue weighted by atomic mass is 16.2. The van der Waals surface area contributed by atoms with Crippen molar-refractivity contribution in [3.05, 3.63) is 34.9 Å². The minimum absolute atomic E-state index is 0.107. The Morgan fingerprint density at radius 1 is 1.09 bits per heavy atom. The fraction of sp³-hybridized carbons (Fsp3) is 0.412. The molecule has 2 amide bonds. The minimum Gasteiger partial charge on any atom is -0.299 e. The molecule has 0 spiro atoms. The number of imide groups is 1. The number of ketones is 2. The van der Waals surface area contributed by atoms with E-state index in [1.807, 2.05) is 19.9 Å². The van der Waals surface area contributed by atoms with E-state index >= 15 is 0 Å². The number of rotatable bonds is 2. The number of carbonyl (C=O) groups excluding carboxylic acids is 4. The van der Waals surface area contributed by atoms with Gasteiger partial charge < -0.3 is 0 Å². The molecular formula is C17H17NO4. The van der Waals surface area contributed by atoms with Crippen LogP contribution in [0.3, 0.4) is 0 Å². The van der Waals surface area contributed by atoms with Crippen LogP contribution < -0.4 is 0 Å². The predicted octanol–water partition coefficient (Wildman–Crippen LogP) is 2.10. The molecular weight excluding hydrogens is 282 g/mol. The lowest BCUT2D eigenvalue weighted by atomic mass is 9.91. The van der Waals surface area contributed by atoms with Crippen LogP contribution in [0.1, 0.15) is 65.3 Å². The van der Waals surface area contributed by atoms with Crippen molar-refractivity contribution in [1.29, 1.82) is 0 Å². The molecule has 1 aromatic rings. The van der Waals surface area contributed by atoms with Crippen LogP contribution in [0.4, 0.5) is 0 Å². The highest BCUT2D eigenvalue weighted by Crippen LogP contribution is 2.33. The molecule has 5 nitrogen and oxygen atoms in total. The SMILES string of the molecule is CC(C)c1cccc2c1C(=O)N(C1CCC(=O)CC1=O)C2=O. The summed E-state index contributed by atoms with van der Waals surface area (Å²) in [4.78, 5) is 49.8. The summed E-state index contributed by atoms with van der Waals surface area (Å²) in [5.41, 5.74) is 1.59. The zero-order valence-electron chi connectivity index (χ0n) is 12.6. The molecule has 1 unspecified atom stereocenters. The van der Waals surface area contributed by atoms with Crippen LogP contribution in [0.2, 0.25) is 0 Å². The van der Waals surface area contributed by atoms with Crippen molar-refractivity contribution in [2.45, 2.75) is 45.1 Å². The monoisotopic (exact) mass is 299 g/mol. The van der Waals surface area contributed by atoms with Gasteiger partial charge in [-0.15, -0.1) is 0 Å². The van der Waals surface area contributed by atoms with Crippen molar-refractivity contribution in [2.75, 3.05) is 0 Å². The van der Waals surface area contributed by atoms with E-state index in [9.17, 15) is 19.2 Å². The first-order chi connectivity index (χ1) is 10.4. The first-order valence-electron chi connectivity index (χ1n) is 7.47. The molecule has 1 aromatic carbocycles. The smallest absolute Gasteiger partial charge is 0.262 e. The Morgan fingerprint density at radius 3 is 2.45 bits per heavy atom. The number of hydrogen-bond acceptors (Lipinski definition) is 4. The number of Topliss-reactive ketones (excluding diaryl/α,β-unsaturated/α-hetero) is 2. The van der Waals surface area contributed by atoms with Gasteiger partial charge in [-0.1, -0.05) is 26.0 Å². The maximum atomic E-state index is 12.7. The van der Waals surface area contributed by atoms with E-state index in [0.717, 1.165) is 10.5 Å². The third-order valence-corrected chi connectivity index (χ3v) is 4.35. The molecule has 0 radical (unpaired) electrons. The van der Waals surface area contributed by atoms with Crippen molar-refractivity contribution < 1.29 is 19.2 Å². The second-order valence-electron chi connectivity index (χ2n) is 6.14. The number of benzene rings is 1. The molecule has 22 heavy (non-hydrogen) atoms. The lowest BCUT2D eigenvalue weighted by Gasteiger charge is -2.27. The van der Waals surface area contributed by atoms with Gasteiger partial charge in [0.2, 0.25) is 0 Å². The summed E-state index contributed by atoms with van der Waals surface area (Å²) in [7, 11) is 0. The number of amides is 2. The molecule has 1 saturated carbocycles. The van der Waals surface area contributed by atoms with E-state index in [0.29, 0.717) is 11.1 Å². The van der Waals surface area contributed by atoms with Crippen molar-refractivity contribution in [3.8, 4) is 0 Å². The van der Waals surface area contributed by atoms with Crippen molar-refractivity contribution in [2.24, 2.45) is 0 Å². The average Bonchev–Trinajstić information content (AvgIpc) is 2.72. The average molecular weight is 299 g/mol. The number of hydrogen-bond donors (Lipinski definition) is 0. The predicted molar refractivity (Wildman–Crippen MR) is 78.7 cm³/mol. The lowest BCUT2D eigenvalue weighted by Crippen LogP contribution is -2.47. The zero-order valence-corrected chi connectivity index (χ0v) is 12.6. The normalized spacial score (nSPS) is 21.8. The van der Waals surface area contributed by atoms with Gasteiger partial charge in [0, 0.05) is 6.42 Å². The van der Waals surface area contributed by atoms with Gasteiger partial charge in [-0.25, -0.2) is 0 Å². The fourth-order valence-electron chi connectivity index (χ4n) is 3.23. The lowest BCUT2D eigenvalue weighted by molar-refractivity contribution is -0.132. The molecule has 0 aromatic heterocycles. The summed E-state index contributed by atoms with van der Waals surface area (Å²) in [5, 5.41) is 0. The molecule has 1 fully saturated rings. The highest BCUT2D eigenvalue weighted by molar-refractivity contribution is 6.24. The first-order valence-corrected chi connectivity index (χ1v) is 7.47. The van der Waals surface area contributed by atoms with Gasteiger partial charge in [0.05, 0.1) is 23.6 Å². The van der Waals surface area contributed by atoms with Gasteiger partial charge in [-0.2, -0.15) is 0 Å². The van der Waals surface area contributed by atoms with Gasteiger partial charge in [0.25, 0.3) is 11.8 Å². The van der Waals surface area contributed by atoms with E-state index < -0.39 is 17.9 Å². The van der Waals surface area contributed by atoms with Crippen LogP contribution in [0.5, 0.6) is 0 Å². The molecule has 0 saturated heterocycles. The molecule has 0 bridgehead atoms. The van der Waals surface area contributed by atoms with Crippen LogP contribution in [-0.2, 0) is 9.59 Å². The van der Waals surface area contributed by atoms with Crippen LogP contribution >= 0.6 is 0 Å². The molecule has 1 aliphatic carbocycles. The summed E-state index contributed by atoms with van der Waals surface area (Å²) < 4.78 is 0. The van der Waals surface area contributed by atoms with Crippen molar-refractivity contribution in [3.63, 3.8) is 0 Å².